The molecule has 0 bridgehead atoms. The van der Waals surface area contributed by atoms with Gasteiger partial charge in [-0.2, -0.15) is 20.1 Å². The molecule has 2 aliphatic rings. The molecule has 4 heteroatoms. The van der Waals surface area contributed by atoms with Crippen molar-refractivity contribution in [3.8, 4) is 33.4 Å². The van der Waals surface area contributed by atoms with E-state index in [2.05, 4.69) is 194 Å². The molecule has 0 aliphatic carbocycles. The Morgan fingerprint density at radius 3 is 1.93 bits per heavy atom. The Kier molecular flexibility index (Phi) is 6.93. The molecule has 0 atom stereocenters. The number of hydrogen-bond acceptors (Lipinski definition) is 2. The van der Waals surface area contributed by atoms with E-state index < -0.39 is 20.1 Å². The lowest BCUT2D eigenvalue weighted by molar-refractivity contribution is 1.25. The fraction of sp³-hybridized carbons (Fsp3) is 0.0800. The van der Waals surface area contributed by atoms with Gasteiger partial charge in [-0.3, -0.25) is 0 Å². The van der Waals surface area contributed by atoms with Crippen molar-refractivity contribution >= 4 is 79.4 Å². The van der Waals surface area contributed by atoms with Crippen molar-refractivity contribution in [3.05, 3.63) is 164 Å². The maximum atomic E-state index is 2.51. The number of hydrogen-bond donors (Lipinski definition) is 0. The molecule has 54 heavy (non-hydrogen) atoms. The summed E-state index contributed by atoms with van der Waals surface area (Å²) in [5.74, 6) is 0. The van der Waals surface area contributed by atoms with Gasteiger partial charge in [-0.25, -0.2) is 0 Å². The first-order valence-corrected chi connectivity index (χ1v) is 24.2. The van der Waals surface area contributed by atoms with Crippen molar-refractivity contribution in [1.82, 2.24) is 0 Å². The summed E-state index contributed by atoms with van der Waals surface area (Å²) in [7, 11) is -2.34. The molecule has 1 aromatic heterocycles. The number of rotatable bonds is 4. The standard InChI is InChI=1S/C50H39NS3/c1-53(2)45-16-10-8-14-40(45)43-30-37(24-27-46(43)53)51(36-21-19-33(20-22-36)35-18-17-32-11-5-6-12-34(32)29-35)38-23-25-42-48(31-38)54(3,4)47-28-26-41-39-13-7-9-15-44(39)52-50(41)49(42)47/h5-31H,1-4H3. The zero-order valence-electron chi connectivity index (χ0n) is 30.8. The van der Waals surface area contributed by atoms with Crippen LogP contribution < -0.4 is 4.90 Å². The first kappa shape index (κ1) is 32.2. The van der Waals surface area contributed by atoms with Gasteiger partial charge in [0, 0.05) is 62.4 Å². The largest absolute Gasteiger partial charge is 0.310 e. The molecule has 8 aromatic carbocycles. The topological polar surface area (TPSA) is 3.24 Å². The second kappa shape index (κ2) is 11.6. The van der Waals surface area contributed by atoms with Gasteiger partial charge in [0.15, 0.2) is 0 Å². The minimum atomic E-state index is -1.26. The van der Waals surface area contributed by atoms with E-state index in [9.17, 15) is 0 Å². The molecule has 0 fully saturated rings. The van der Waals surface area contributed by atoms with Crippen LogP contribution in [0.4, 0.5) is 17.1 Å². The van der Waals surface area contributed by atoms with Crippen LogP contribution in [0, 0.1) is 0 Å². The van der Waals surface area contributed by atoms with E-state index in [4.69, 9.17) is 0 Å². The van der Waals surface area contributed by atoms with Crippen LogP contribution in [0.15, 0.2) is 183 Å². The number of nitrogens with zero attached hydrogens (tertiary/aromatic N) is 1. The SMILES string of the molecule is CS1(C)c2ccccc2-c2cc(N(c3ccc(-c4ccc5ccccc5c4)cc3)c3ccc4c(c3)S(C)(C)c3ccc5c(sc6ccccc65)c3-4)ccc21. The smallest absolute Gasteiger partial charge is 0.0472 e. The Morgan fingerprint density at radius 1 is 0.407 bits per heavy atom. The van der Waals surface area contributed by atoms with Crippen molar-refractivity contribution in [2.75, 3.05) is 29.9 Å². The van der Waals surface area contributed by atoms with Gasteiger partial charge >= 0.3 is 0 Å². The molecular weight excluding hydrogens is 711 g/mol. The molecule has 0 amide bonds. The van der Waals surface area contributed by atoms with Gasteiger partial charge < -0.3 is 4.90 Å². The van der Waals surface area contributed by atoms with Crippen LogP contribution in [0.5, 0.6) is 0 Å². The van der Waals surface area contributed by atoms with Gasteiger partial charge in [0.2, 0.25) is 0 Å². The highest BCUT2D eigenvalue weighted by molar-refractivity contribution is 8.33. The van der Waals surface area contributed by atoms with Crippen LogP contribution >= 0.6 is 31.4 Å². The normalized spacial score (nSPS) is 15.8. The van der Waals surface area contributed by atoms with E-state index in [1.807, 2.05) is 11.3 Å². The zero-order chi connectivity index (χ0) is 36.3. The lowest BCUT2D eigenvalue weighted by atomic mass is 10.00. The second-order valence-electron chi connectivity index (χ2n) is 15.4. The summed E-state index contributed by atoms with van der Waals surface area (Å²) in [4.78, 5) is 8.41. The summed E-state index contributed by atoms with van der Waals surface area (Å²) in [6, 6.07) is 61.8. The van der Waals surface area contributed by atoms with E-state index in [0.717, 1.165) is 5.69 Å². The minimum Gasteiger partial charge on any atom is -0.310 e. The minimum absolute atomic E-state index is 1.08. The third-order valence-electron chi connectivity index (χ3n) is 11.8. The summed E-state index contributed by atoms with van der Waals surface area (Å²) < 4.78 is 2.78. The molecule has 9 aromatic rings. The Bertz CT molecular complexity index is 3000. The van der Waals surface area contributed by atoms with E-state index in [1.54, 1.807) is 0 Å². The lowest BCUT2D eigenvalue weighted by Crippen LogP contribution is -2.11. The number of thiophene rings is 1. The molecule has 0 saturated heterocycles. The molecule has 11 rings (SSSR count). The van der Waals surface area contributed by atoms with Crippen LogP contribution in [0.25, 0.3) is 64.3 Å². The lowest BCUT2D eigenvalue weighted by Gasteiger charge is -2.31. The number of anilines is 3. The van der Waals surface area contributed by atoms with E-state index in [-0.39, 0.29) is 0 Å². The van der Waals surface area contributed by atoms with Crippen molar-refractivity contribution in [2.24, 2.45) is 0 Å². The Balaban J connectivity index is 1.08. The fourth-order valence-corrected chi connectivity index (χ4v) is 15.4. The summed E-state index contributed by atoms with van der Waals surface area (Å²) >= 11 is 1.95. The second-order valence-corrected chi connectivity index (χ2v) is 23.5. The molecule has 262 valence electrons. The molecule has 0 radical (unpaired) electrons. The first-order valence-electron chi connectivity index (χ1n) is 18.5. The monoisotopic (exact) mass is 749 g/mol. The molecule has 0 unspecified atom stereocenters. The van der Waals surface area contributed by atoms with E-state index in [1.165, 1.54) is 95.3 Å². The molecule has 0 spiro atoms. The molecule has 0 N–H and O–H groups in total. The predicted octanol–water partition coefficient (Wildman–Crippen LogP) is 15.3. The van der Waals surface area contributed by atoms with Gasteiger partial charge in [-0.05, 0) is 130 Å². The van der Waals surface area contributed by atoms with Crippen LogP contribution in [0.2, 0.25) is 0 Å². The van der Waals surface area contributed by atoms with Crippen LogP contribution in [-0.4, -0.2) is 25.0 Å². The Labute approximate surface area is 324 Å². The molecule has 1 nitrogen and oxygen atoms in total. The van der Waals surface area contributed by atoms with Gasteiger partial charge in [0.1, 0.15) is 0 Å². The summed E-state index contributed by atoms with van der Waals surface area (Å²) in [6.07, 6.45) is 9.86. The van der Waals surface area contributed by atoms with Gasteiger partial charge in [-0.1, -0.05) is 97.1 Å². The van der Waals surface area contributed by atoms with Crippen molar-refractivity contribution in [1.29, 1.82) is 0 Å². The first-order chi connectivity index (χ1) is 26.3. The molecule has 0 saturated carbocycles. The highest BCUT2D eigenvalue weighted by atomic mass is 32.3. The maximum Gasteiger partial charge on any atom is 0.0472 e. The highest BCUT2D eigenvalue weighted by Crippen LogP contribution is 2.70. The average Bonchev–Trinajstić information content (AvgIpc) is 3.78. The van der Waals surface area contributed by atoms with E-state index in [0.29, 0.717) is 0 Å². The Morgan fingerprint density at radius 2 is 1.06 bits per heavy atom. The average molecular weight is 750 g/mol. The van der Waals surface area contributed by atoms with Crippen molar-refractivity contribution in [3.63, 3.8) is 0 Å². The fourth-order valence-electron chi connectivity index (χ4n) is 9.03. The maximum absolute atomic E-state index is 2.51. The van der Waals surface area contributed by atoms with Crippen molar-refractivity contribution < 1.29 is 0 Å². The highest BCUT2D eigenvalue weighted by Gasteiger charge is 2.36. The van der Waals surface area contributed by atoms with Gasteiger partial charge in [0.25, 0.3) is 0 Å². The molecule has 3 heterocycles. The predicted molar refractivity (Wildman–Crippen MR) is 240 cm³/mol. The summed E-state index contributed by atoms with van der Waals surface area (Å²) in [6.45, 7) is 0. The summed E-state index contributed by atoms with van der Waals surface area (Å²) in [5.41, 5.74) is 11.6. The van der Waals surface area contributed by atoms with Crippen LogP contribution in [-0.2, 0) is 0 Å². The van der Waals surface area contributed by atoms with Crippen LogP contribution in [0.1, 0.15) is 0 Å². The third kappa shape index (κ3) is 4.60. The van der Waals surface area contributed by atoms with Crippen molar-refractivity contribution in [2.45, 2.75) is 19.6 Å². The molecule has 2 aliphatic heterocycles. The number of fused-ring (bicyclic) bond motifs is 11. The summed E-state index contributed by atoms with van der Waals surface area (Å²) in [5, 5.41) is 5.27. The van der Waals surface area contributed by atoms with E-state index >= 15 is 0 Å². The third-order valence-corrected chi connectivity index (χ3v) is 18.8. The quantitative estimate of drug-likeness (QED) is 0.173. The zero-order valence-corrected chi connectivity index (χ0v) is 33.2. The number of benzene rings is 8. The van der Waals surface area contributed by atoms with Gasteiger partial charge in [0.05, 0.1) is 0 Å². The molecular formula is C50H39NS3. The van der Waals surface area contributed by atoms with Crippen LogP contribution in [0.3, 0.4) is 0 Å². The Hall–Kier alpha value is -5.26. The van der Waals surface area contributed by atoms with Gasteiger partial charge in [-0.15, -0.1) is 11.3 Å².